The molecule has 1 saturated carbocycles. The van der Waals surface area contributed by atoms with E-state index >= 15 is 0 Å². The minimum Gasteiger partial charge on any atom is -0.668 e. The second-order valence-corrected chi connectivity index (χ2v) is 3.76. The predicted octanol–water partition coefficient (Wildman–Crippen LogP) is 3.31. The van der Waals surface area contributed by atoms with E-state index in [4.69, 9.17) is 5.73 Å². The molecule has 0 aromatic carbocycles. The van der Waals surface area contributed by atoms with Crippen LogP contribution in [0.1, 0.15) is 51.4 Å². The zero-order valence-corrected chi connectivity index (χ0v) is 9.70. The number of hydrogen-bond donors (Lipinski definition) is 0. The second-order valence-electron chi connectivity index (χ2n) is 3.76. The van der Waals surface area contributed by atoms with E-state index in [0.717, 1.165) is 25.7 Å². The number of amides is 1. The van der Waals surface area contributed by atoms with Gasteiger partial charge in [-0.3, -0.25) is 0 Å². The van der Waals surface area contributed by atoms with E-state index in [1.807, 2.05) is 0 Å². The molecule has 1 fully saturated rings. The molecule has 1 N–H and O–H groups in total. The third-order valence-corrected chi connectivity index (χ3v) is 2.73. The summed E-state index contributed by atoms with van der Waals surface area (Å²) in [7, 11) is 0. The molecule has 0 bridgehead atoms. The van der Waals surface area contributed by atoms with Crippen LogP contribution in [0.5, 0.6) is 0 Å². The molecule has 1 amide bonds. The van der Waals surface area contributed by atoms with Crippen molar-refractivity contribution in [3.05, 3.63) is 5.73 Å². The summed E-state index contributed by atoms with van der Waals surface area (Å²) >= 11 is 0. The molecule has 0 atom stereocenters. The van der Waals surface area contributed by atoms with E-state index in [1.54, 1.807) is 0 Å². The van der Waals surface area contributed by atoms with Gasteiger partial charge in [-0.2, -0.15) is 0 Å². The fraction of sp³-hybridized carbons (Fsp3) is 0.900. The molecule has 74 valence electrons. The Hall–Kier alpha value is 0.184. The van der Waals surface area contributed by atoms with Crippen LogP contribution < -0.4 is 0 Å². The largest absolute Gasteiger partial charge is 0.668 e. The van der Waals surface area contributed by atoms with Gasteiger partial charge in [0.2, 0.25) is 0 Å². The van der Waals surface area contributed by atoms with Crippen LogP contribution in [0, 0.1) is 5.92 Å². The van der Waals surface area contributed by atoms with Crippen molar-refractivity contribution in [2.75, 3.05) is 0 Å². The SMILES string of the molecule is [NH-]C(=O)C1CCCCCCCC1.[Ti]. The van der Waals surface area contributed by atoms with Gasteiger partial charge in [0.25, 0.3) is 0 Å². The van der Waals surface area contributed by atoms with Crippen molar-refractivity contribution in [3.63, 3.8) is 0 Å². The van der Waals surface area contributed by atoms with Gasteiger partial charge >= 0.3 is 0 Å². The minimum atomic E-state index is -0.336. The van der Waals surface area contributed by atoms with Gasteiger partial charge in [0.15, 0.2) is 0 Å². The van der Waals surface area contributed by atoms with E-state index in [1.165, 1.54) is 25.7 Å². The van der Waals surface area contributed by atoms with E-state index in [-0.39, 0.29) is 33.5 Å². The zero-order chi connectivity index (χ0) is 8.81. The van der Waals surface area contributed by atoms with Crippen molar-refractivity contribution >= 4 is 5.91 Å². The molecule has 0 radical (unpaired) electrons. The first-order valence-corrected chi connectivity index (χ1v) is 5.06. The van der Waals surface area contributed by atoms with Gasteiger partial charge in [-0.15, -0.1) is 0 Å². The van der Waals surface area contributed by atoms with Crippen molar-refractivity contribution < 1.29 is 26.5 Å². The predicted molar refractivity (Wildman–Crippen MR) is 49.8 cm³/mol. The standard InChI is InChI=1S/C10H19NO.Ti/c11-10(12)9-7-5-3-1-2-4-6-8-9;/h9H,1-8H2,(H2,11,12);/p-1. The molecular weight excluding hydrogens is 198 g/mol. The van der Waals surface area contributed by atoms with Gasteiger partial charge in [0, 0.05) is 27.6 Å². The number of rotatable bonds is 1. The summed E-state index contributed by atoms with van der Waals surface area (Å²) < 4.78 is 0. The first-order valence-electron chi connectivity index (χ1n) is 5.06. The number of carbonyl (C=O) groups is 1. The topological polar surface area (TPSA) is 40.9 Å². The quantitative estimate of drug-likeness (QED) is 0.620. The third-order valence-electron chi connectivity index (χ3n) is 2.73. The number of nitrogens with one attached hydrogen (secondary N) is 1. The Labute approximate surface area is 95.5 Å². The average Bonchev–Trinajstić information content (AvgIpc) is 2.15. The van der Waals surface area contributed by atoms with Crippen molar-refractivity contribution in [3.8, 4) is 0 Å². The Morgan fingerprint density at radius 2 is 1.31 bits per heavy atom. The van der Waals surface area contributed by atoms with E-state index < -0.39 is 0 Å². The molecule has 1 aliphatic carbocycles. The monoisotopic (exact) mass is 216 g/mol. The Balaban J connectivity index is 0.00000144. The maximum Gasteiger partial charge on any atom is 0.0519 e. The Bertz CT molecular complexity index is 140. The van der Waals surface area contributed by atoms with Crippen LogP contribution >= 0.6 is 0 Å². The maximum absolute atomic E-state index is 10.8. The molecule has 3 heteroatoms. The Morgan fingerprint density at radius 3 is 1.69 bits per heavy atom. The van der Waals surface area contributed by atoms with Crippen molar-refractivity contribution in [2.45, 2.75) is 51.4 Å². The van der Waals surface area contributed by atoms with Crippen LogP contribution in [0.3, 0.4) is 0 Å². The summed E-state index contributed by atoms with van der Waals surface area (Å²) in [6.07, 6.45) is 9.36. The zero-order valence-electron chi connectivity index (χ0n) is 8.14. The molecule has 0 heterocycles. The van der Waals surface area contributed by atoms with Gasteiger partial charge in [0.05, 0.1) is 5.91 Å². The fourth-order valence-electron chi connectivity index (χ4n) is 1.90. The van der Waals surface area contributed by atoms with Crippen molar-refractivity contribution in [1.82, 2.24) is 0 Å². The molecule has 1 aliphatic rings. The molecular formula is C10H18NOTi-. The molecule has 0 saturated heterocycles. The molecule has 1 rings (SSSR count). The average molecular weight is 216 g/mol. The summed E-state index contributed by atoms with van der Waals surface area (Å²) in [5.41, 5.74) is 7.07. The first-order chi connectivity index (χ1) is 5.80. The van der Waals surface area contributed by atoms with Gasteiger partial charge in [-0.25, -0.2) is 0 Å². The molecule has 0 unspecified atom stereocenters. The summed E-state index contributed by atoms with van der Waals surface area (Å²) in [6.45, 7) is 0. The maximum atomic E-state index is 10.8. The van der Waals surface area contributed by atoms with E-state index in [0.29, 0.717) is 0 Å². The second kappa shape index (κ2) is 7.58. The molecule has 13 heavy (non-hydrogen) atoms. The molecule has 0 spiro atoms. The van der Waals surface area contributed by atoms with Gasteiger partial charge in [0.1, 0.15) is 0 Å². The molecule has 2 nitrogen and oxygen atoms in total. The fourth-order valence-corrected chi connectivity index (χ4v) is 1.90. The van der Waals surface area contributed by atoms with Gasteiger partial charge in [-0.1, -0.05) is 38.5 Å². The van der Waals surface area contributed by atoms with Crippen molar-refractivity contribution in [1.29, 1.82) is 0 Å². The van der Waals surface area contributed by atoms with Crippen LogP contribution in [0.25, 0.3) is 5.73 Å². The molecule has 0 aliphatic heterocycles. The molecule has 0 aromatic heterocycles. The van der Waals surface area contributed by atoms with Crippen LogP contribution in [-0.2, 0) is 26.5 Å². The van der Waals surface area contributed by atoms with Gasteiger partial charge in [-0.05, 0) is 12.8 Å². The Morgan fingerprint density at radius 1 is 0.923 bits per heavy atom. The smallest absolute Gasteiger partial charge is 0.0519 e. The van der Waals surface area contributed by atoms with Crippen LogP contribution in [0.2, 0.25) is 0 Å². The summed E-state index contributed by atoms with van der Waals surface area (Å²) in [6, 6.07) is 0. The summed E-state index contributed by atoms with van der Waals surface area (Å²) in [5, 5.41) is 0. The minimum absolute atomic E-state index is 0. The Kier molecular flexibility index (Phi) is 7.68. The van der Waals surface area contributed by atoms with Gasteiger partial charge < -0.3 is 10.5 Å². The third kappa shape index (κ3) is 5.48. The van der Waals surface area contributed by atoms with Crippen LogP contribution in [0.15, 0.2) is 0 Å². The van der Waals surface area contributed by atoms with Crippen LogP contribution in [-0.4, -0.2) is 5.91 Å². The number of hydrogen-bond acceptors (Lipinski definition) is 1. The molecule has 0 aromatic rings. The summed E-state index contributed by atoms with van der Waals surface area (Å²) in [5.74, 6) is -0.278. The first kappa shape index (κ1) is 13.2. The normalized spacial score (nSPS) is 20.6. The van der Waals surface area contributed by atoms with E-state index in [9.17, 15) is 4.79 Å². The van der Waals surface area contributed by atoms with Crippen LogP contribution in [0.4, 0.5) is 0 Å². The number of carbonyl (C=O) groups excluding carboxylic acids is 1. The van der Waals surface area contributed by atoms with Crippen molar-refractivity contribution in [2.24, 2.45) is 5.92 Å². The van der Waals surface area contributed by atoms with E-state index in [2.05, 4.69) is 0 Å². The summed E-state index contributed by atoms with van der Waals surface area (Å²) in [4.78, 5) is 10.8.